The quantitative estimate of drug-likeness (QED) is 0.719. The van der Waals surface area contributed by atoms with Gasteiger partial charge in [0.15, 0.2) is 11.3 Å². The van der Waals surface area contributed by atoms with E-state index in [1.807, 2.05) is 0 Å². The van der Waals surface area contributed by atoms with Gasteiger partial charge in [0.2, 0.25) is 0 Å². The Labute approximate surface area is 107 Å². The first kappa shape index (κ1) is 13.8. The first-order valence-electron chi connectivity index (χ1n) is 5.17. The van der Waals surface area contributed by atoms with Crippen LogP contribution in [0, 0.1) is 0 Å². The SMILES string of the molecule is COc1ccc2occ(C(O)P(=O)(O)O)c(=O)c2c1. The average Bonchev–Trinajstić information content (AvgIpc) is 2.37. The van der Waals surface area contributed by atoms with Crippen LogP contribution in [0.4, 0.5) is 0 Å². The van der Waals surface area contributed by atoms with Crippen molar-refractivity contribution >= 4 is 18.6 Å². The summed E-state index contributed by atoms with van der Waals surface area (Å²) in [7, 11) is -3.42. The number of aliphatic hydroxyl groups is 1. The normalized spacial score (nSPS) is 13.5. The Hall–Kier alpha value is -1.66. The summed E-state index contributed by atoms with van der Waals surface area (Å²) in [5.74, 6) is -1.82. The van der Waals surface area contributed by atoms with Crippen molar-refractivity contribution in [2.75, 3.05) is 7.11 Å². The predicted octanol–water partition coefficient (Wildman–Crippen LogP) is 0.970. The van der Waals surface area contributed by atoms with Gasteiger partial charge in [0, 0.05) is 0 Å². The summed E-state index contributed by atoms with van der Waals surface area (Å²) in [6.07, 6.45) is 0.848. The fourth-order valence-electron chi connectivity index (χ4n) is 1.61. The Balaban J connectivity index is 2.69. The average molecular weight is 286 g/mol. The van der Waals surface area contributed by atoms with Gasteiger partial charge in [0.25, 0.3) is 0 Å². The maximum atomic E-state index is 12.1. The van der Waals surface area contributed by atoms with Crippen LogP contribution in [0.25, 0.3) is 11.0 Å². The van der Waals surface area contributed by atoms with Gasteiger partial charge >= 0.3 is 7.60 Å². The molecule has 0 radical (unpaired) electrons. The minimum Gasteiger partial charge on any atom is -0.497 e. The zero-order valence-corrected chi connectivity index (χ0v) is 10.7. The van der Waals surface area contributed by atoms with Crippen molar-refractivity contribution in [3.63, 3.8) is 0 Å². The highest BCUT2D eigenvalue weighted by molar-refractivity contribution is 7.51. The molecule has 0 aliphatic carbocycles. The number of ether oxygens (including phenoxy) is 1. The highest BCUT2D eigenvalue weighted by Crippen LogP contribution is 2.49. The molecular formula is C11H11O7P. The van der Waals surface area contributed by atoms with E-state index in [9.17, 15) is 14.5 Å². The Bertz CT molecular complexity index is 715. The van der Waals surface area contributed by atoms with Crippen LogP contribution in [0.5, 0.6) is 5.75 Å². The number of hydrogen-bond acceptors (Lipinski definition) is 5. The maximum Gasteiger partial charge on any atom is 0.358 e. The van der Waals surface area contributed by atoms with Crippen molar-refractivity contribution in [3.05, 3.63) is 40.2 Å². The summed E-state index contributed by atoms with van der Waals surface area (Å²) < 4.78 is 21.0. The highest BCUT2D eigenvalue weighted by Gasteiger charge is 2.31. The molecule has 0 fully saturated rings. The molecule has 0 amide bonds. The lowest BCUT2D eigenvalue weighted by Crippen LogP contribution is -2.13. The van der Waals surface area contributed by atoms with Gasteiger partial charge in [0.05, 0.1) is 18.1 Å². The fourth-order valence-corrected chi connectivity index (χ4v) is 2.15. The maximum absolute atomic E-state index is 12.1. The summed E-state index contributed by atoms with van der Waals surface area (Å²) in [4.78, 5) is 29.9. The number of benzene rings is 1. The van der Waals surface area contributed by atoms with Gasteiger partial charge in [-0.3, -0.25) is 9.36 Å². The second-order valence-corrected chi connectivity index (χ2v) is 5.51. The van der Waals surface area contributed by atoms with Crippen LogP contribution in [0.1, 0.15) is 11.4 Å². The van der Waals surface area contributed by atoms with Gasteiger partial charge in [-0.05, 0) is 18.2 Å². The third kappa shape index (κ3) is 2.54. The summed E-state index contributed by atoms with van der Waals surface area (Å²) in [5.41, 5.74) is -0.975. The molecule has 2 rings (SSSR count). The number of fused-ring (bicyclic) bond motifs is 1. The molecular weight excluding hydrogens is 275 g/mol. The Morgan fingerprint density at radius 1 is 1.37 bits per heavy atom. The second kappa shape index (κ2) is 4.79. The van der Waals surface area contributed by atoms with Gasteiger partial charge in [-0.25, -0.2) is 0 Å². The molecule has 1 aromatic heterocycles. The molecule has 102 valence electrons. The van der Waals surface area contributed by atoms with Crippen LogP contribution < -0.4 is 10.2 Å². The largest absolute Gasteiger partial charge is 0.497 e. The highest BCUT2D eigenvalue weighted by atomic mass is 31.2. The third-order valence-electron chi connectivity index (χ3n) is 2.60. The molecule has 0 saturated carbocycles. The Morgan fingerprint density at radius 2 is 2.05 bits per heavy atom. The van der Waals surface area contributed by atoms with Crippen molar-refractivity contribution in [1.82, 2.24) is 0 Å². The monoisotopic (exact) mass is 286 g/mol. The number of rotatable bonds is 3. The standard InChI is InChI=1S/C11H11O7P/c1-17-6-2-3-9-7(4-6)10(12)8(5-18-9)11(13)19(14,15)16/h2-5,11,13H,1H3,(H2,14,15,16). The van der Waals surface area contributed by atoms with Crippen LogP contribution in [-0.4, -0.2) is 22.0 Å². The van der Waals surface area contributed by atoms with E-state index in [0.717, 1.165) is 6.26 Å². The minimum absolute atomic E-state index is 0.0735. The van der Waals surface area contributed by atoms with Crippen LogP contribution in [0.3, 0.4) is 0 Å². The lowest BCUT2D eigenvalue weighted by atomic mass is 10.1. The lowest BCUT2D eigenvalue weighted by Gasteiger charge is -2.11. The molecule has 0 bridgehead atoms. The van der Waals surface area contributed by atoms with Crippen molar-refractivity contribution in [3.8, 4) is 5.75 Å². The molecule has 0 saturated heterocycles. The van der Waals surface area contributed by atoms with E-state index in [2.05, 4.69) is 0 Å². The Kier molecular flexibility index (Phi) is 3.47. The molecule has 1 aromatic carbocycles. The number of aliphatic hydroxyl groups excluding tert-OH is 1. The molecule has 8 heteroatoms. The topological polar surface area (TPSA) is 117 Å². The molecule has 3 N–H and O–H groups in total. The van der Waals surface area contributed by atoms with Gasteiger partial charge in [-0.15, -0.1) is 0 Å². The van der Waals surface area contributed by atoms with Gasteiger partial charge in [-0.2, -0.15) is 0 Å². The molecule has 7 nitrogen and oxygen atoms in total. The van der Waals surface area contributed by atoms with E-state index in [-0.39, 0.29) is 11.0 Å². The number of hydrogen-bond donors (Lipinski definition) is 3. The lowest BCUT2D eigenvalue weighted by molar-refractivity contribution is 0.203. The molecule has 1 atom stereocenters. The van der Waals surface area contributed by atoms with E-state index in [1.165, 1.54) is 19.2 Å². The molecule has 1 heterocycles. The van der Waals surface area contributed by atoms with Gasteiger partial charge < -0.3 is 24.0 Å². The van der Waals surface area contributed by atoms with Crippen LogP contribution in [-0.2, 0) is 4.57 Å². The fraction of sp³-hybridized carbons (Fsp3) is 0.182. The van der Waals surface area contributed by atoms with Crippen LogP contribution >= 0.6 is 7.60 Å². The summed E-state index contributed by atoms with van der Waals surface area (Å²) >= 11 is 0. The van der Waals surface area contributed by atoms with Gasteiger partial charge in [0.1, 0.15) is 17.6 Å². The van der Waals surface area contributed by atoms with E-state index in [4.69, 9.17) is 18.9 Å². The summed E-state index contributed by atoms with van der Waals surface area (Å²) in [6.45, 7) is 0. The first-order chi connectivity index (χ1) is 8.84. The second-order valence-electron chi connectivity index (χ2n) is 3.85. The van der Waals surface area contributed by atoms with E-state index in [0.29, 0.717) is 5.75 Å². The van der Waals surface area contributed by atoms with Crippen LogP contribution in [0.2, 0.25) is 0 Å². The van der Waals surface area contributed by atoms with E-state index in [1.54, 1.807) is 6.07 Å². The summed E-state index contributed by atoms with van der Waals surface area (Å²) in [5, 5.41) is 9.54. The van der Waals surface area contributed by atoms with E-state index >= 15 is 0 Å². The molecule has 0 aliphatic rings. The molecule has 0 aliphatic heterocycles. The van der Waals surface area contributed by atoms with Gasteiger partial charge in [-0.1, -0.05) is 0 Å². The van der Waals surface area contributed by atoms with E-state index < -0.39 is 24.4 Å². The van der Waals surface area contributed by atoms with Crippen molar-refractivity contribution in [2.45, 2.75) is 5.85 Å². The summed E-state index contributed by atoms with van der Waals surface area (Å²) in [6, 6.07) is 4.44. The molecule has 1 unspecified atom stereocenters. The van der Waals surface area contributed by atoms with Crippen molar-refractivity contribution in [2.24, 2.45) is 0 Å². The predicted molar refractivity (Wildman–Crippen MR) is 66.0 cm³/mol. The smallest absolute Gasteiger partial charge is 0.358 e. The zero-order valence-electron chi connectivity index (χ0n) is 9.81. The van der Waals surface area contributed by atoms with Crippen molar-refractivity contribution < 1.29 is 28.6 Å². The first-order valence-corrected chi connectivity index (χ1v) is 6.85. The number of methoxy groups -OCH3 is 1. The molecule has 19 heavy (non-hydrogen) atoms. The Morgan fingerprint density at radius 3 is 2.63 bits per heavy atom. The van der Waals surface area contributed by atoms with Crippen molar-refractivity contribution in [1.29, 1.82) is 0 Å². The third-order valence-corrected chi connectivity index (χ3v) is 3.52. The van der Waals surface area contributed by atoms with Crippen LogP contribution in [0.15, 0.2) is 33.7 Å². The molecule has 0 spiro atoms. The minimum atomic E-state index is -4.84. The molecule has 2 aromatic rings. The zero-order chi connectivity index (χ0) is 14.2.